The van der Waals surface area contributed by atoms with Gasteiger partial charge < -0.3 is 9.47 Å². The van der Waals surface area contributed by atoms with Crippen LogP contribution in [0.1, 0.15) is 207 Å². The molecule has 0 rings (SSSR count). The van der Waals surface area contributed by atoms with Gasteiger partial charge in [0.15, 0.2) is 0 Å². The molecule has 0 amide bonds. The smallest absolute Gasteiger partial charge is 0.329 e. The van der Waals surface area contributed by atoms with E-state index in [4.69, 9.17) is 9.47 Å². The summed E-state index contributed by atoms with van der Waals surface area (Å²) in [7, 11) is 0. The van der Waals surface area contributed by atoms with Crippen molar-refractivity contribution < 1.29 is 23.9 Å². The fourth-order valence-corrected chi connectivity index (χ4v) is 10.8. The molecule has 52 heavy (non-hydrogen) atoms. The molecule has 308 valence electrons. The highest BCUT2D eigenvalue weighted by molar-refractivity contribution is 8.18. The lowest BCUT2D eigenvalue weighted by Gasteiger charge is -2.16. The van der Waals surface area contributed by atoms with E-state index >= 15 is 0 Å². The van der Waals surface area contributed by atoms with E-state index in [2.05, 4.69) is 27.7 Å². The number of carbonyl (C=O) groups excluding carboxylic acids is 3. The van der Waals surface area contributed by atoms with E-state index in [1.165, 1.54) is 128 Å². The van der Waals surface area contributed by atoms with Gasteiger partial charge in [0.05, 0.1) is 13.2 Å². The number of Topliss-reactive ketones (excluding diaryl/α,β-unsaturated/α-hetero) is 1. The molecule has 0 aromatic heterocycles. The second kappa shape index (κ2) is 42.2. The Balaban J connectivity index is 4.18. The Kier molecular flexibility index (Phi) is 42.2. The molecule has 5 nitrogen and oxygen atoms in total. The summed E-state index contributed by atoms with van der Waals surface area (Å²) in [6.07, 6.45) is 31.4. The van der Waals surface area contributed by atoms with Gasteiger partial charge in [0.1, 0.15) is 14.9 Å². The fourth-order valence-electron chi connectivity index (χ4n) is 5.76. The minimum atomic E-state index is -0.114. The van der Waals surface area contributed by atoms with E-state index in [-0.39, 0.29) is 21.1 Å². The van der Waals surface area contributed by atoms with Crippen LogP contribution in [0.2, 0.25) is 0 Å². The van der Waals surface area contributed by atoms with E-state index in [1.807, 2.05) is 0 Å². The highest BCUT2D eigenvalue weighted by Gasteiger charge is 2.22. The highest BCUT2D eigenvalue weighted by Crippen LogP contribution is 2.29. The zero-order valence-corrected chi connectivity index (χ0v) is 37.6. The Hall–Kier alpha value is 0.01000. The molecular formula is C43H82O5S4. The standard InChI is InChI=1S/C43H82O5S4/c1-5-9-13-17-27-35-49-42(50-36-28-18-14-10-6-2)40(45)47-33-25-21-23-31-39(44)32-24-22-26-34-48-41(46)43(51-37-29-19-15-11-7-3)52-38-30-20-16-12-8-4/h42-43H,5-38H2,1-4H3. The van der Waals surface area contributed by atoms with Gasteiger partial charge in [-0.15, -0.1) is 47.0 Å². The number of ether oxygens (including phenoxy) is 2. The predicted molar refractivity (Wildman–Crippen MR) is 236 cm³/mol. The van der Waals surface area contributed by atoms with Crippen molar-refractivity contribution >= 4 is 64.8 Å². The first kappa shape index (κ1) is 52.0. The second-order valence-electron chi connectivity index (χ2n) is 14.3. The van der Waals surface area contributed by atoms with Gasteiger partial charge >= 0.3 is 11.9 Å². The maximum absolute atomic E-state index is 12.9. The Labute approximate surface area is 339 Å². The molecule has 0 atom stereocenters. The number of thioether (sulfide) groups is 4. The van der Waals surface area contributed by atoms with Gasteiger partial charge in [0, 0.05) is 12.8 Å². The largest absolute Gasteiger partial charge is 0.464 e. The van der Waals surface area contributed by atoms with Crippen LogP contribution in [0.15, 0.2) is 0 Å². The van der Waals surface area contributed by atoms with E-state index in [9.17, 15) is 14.4 Å². The van der Waals surface area contributed by atoms with Crippen molar-refractivity contribution in [1.82, 2.24) is 0 Å². The first-order valence-electron chi connectivity index (χ1n) is 21.8. The van der Waals surface area contributed by atoms with Crippen LogP contribution in [0.25, 0.3) is 0 Å². The molecule has 0 aromatic carbocycles. The van der Waals surface area contributed by atoms with Crippen molar-refractivity contribution in [1.29, 1.82) is 0 Å². The molecule has 0 spiro atoms. The molecule has 0 bridgehead atoms. The molecule has 0 aliphatic heterocycles. The summed E-state index contributed by atoms with van der Waals surface area (Å²) in [5.41, 5.74) is 0. The monoisotopic (exact) mass is 807 g/mol. The molecule has 0 aliphatic rings. The molecule has 0 saturated carbocycles. The second-order valence-corrected chi connectivity index (χ2v) is 19.7. The highest BCUT2D eigenvalue weighted by atomic mass is 32.2. The van der Waals surface area contributed by atoms with Crippen LogP contribution in [-0.4, -0.2) is 63.1 Å². The number of ketones is 1. The summed E-state index contributed by atoms with van der Waals surface area (Å²) in [6, 6.07) is 0. The normalized spacial score (nSPS) is 11.5. The molecule has 0 aromatic rings. The maximum atomic E-state index is 12.9. The van der Waals surface area contributed by atoms with Crippen molar-refractivity contribution in [2.45, 2.75) is 217 Å². The van der Waals surface area contributed by atoms with Crippen molar-refractivity contribution in [3.8, 4) is 0 Å². The molecule has 9 heteroatoms. The molecule has 0 aliphatic carbocycles. The van der Waals surface area contributed by atoms with E-state index < -0.39 is 0 Å². The van der Waals surface area contributed by atoms with Crippen LogP contribution >= 0.6 is 47.0 Å². The van der Waals surface area contributed by atoms with Gasteiger partial charge in [-0.2, -0.15) is 0 Å². The number of hydrogen-bond donors (Lipinski definition) is 0. The van der Waals surface area contributed by atoms with Gasteiger partial charge in [-0.1, -0.05) is 130 Å². The SMILES string of the molecule is CCCCCCCSC(SCCCCCCC)C(=O)OCCCCCC(=O)CCCCCOC(=O)C(SCCCCCCC)SCCCCCCC. The number of hydrogen-bond acceptors (Lipinski definition) is 9. The number of unbranched alkanes of at least 4 members (excludes halogenated alkanes) is 20. The molecule has 0 unspecified atom stereocenters. The summed E-state index contributed by atoms with van der Waals surface area (Å²) >= 11 is 7.08. The quantitative estimate of drug-likeness (QED) is 0.0341. The Morgan fingerprint density at radius 1 is 0.365 bits per heavy atom. The first-order chi connectivity index (χ1) is 25.5. The third-order valence-electron chi connectivity index (χ3n) is 9.14. The van der Waals surface area contributed by atoms with Gasteiger partial charge in [-0.05, 0) is 87.2 Å². The summed E-state index contributed by atoms with van der Waals surface area (Å²) in [4.78, 5) is 38.2. The summed E-state index contributed by atoms with van der Waals surface area (Å²) in [6.45, 7) is 9.86. The molecule has 0 heterocycles. The number of rotatable bonds is 42. The van der Waals surface area contributed by atoms with Crippen LogP contribution in [0.3, 0.4) is 0 Å². The zero-order valence-electron chi connectivity index (χ0n) is 34.4. The van der Waals surface area contributed by atoms with Crippen LogP contribution in [0, 0.1) is 0 Å². The van der Waals surface area contributed by atoms with Crippen molar-refractivity contribution in [3.63, 3.8) is 0 Å². The maximum Gasteiger partial charge on any atom is 0.329 e. The van der Waals surface area contributed by atoms with Crippen LogP contribution in [0.5, 0.6) is 0 Å². The third kappa shape index (κ3) is 35.7. The molecule has 0 radical (unpaired) electrons. The van der Waals surface area contributed by atoms with Gasteiger partial charge in [0.25, 0.3) is 0 Å². The summed E-state index contributed by atoms with van der Waals surface area (Å²) in [5, 5.41) is 0. The van der Waals surface area contributed by atoms with Gasteiger partial charge in [-0.3, -0.25) is 4.79 Å². The van der Waals surface area contributed by atoms with E-state index in [0.717, 1.165) is 61.5 Å². The Morgan fingerprint density at radius 2 is 0.635 bits per heavy atom. The Bertz CT molecular complexity index is 705. The zero-order chi connectivity index (χ0) is 38.2. The topological polar surface area (TPSA) is 69.7 Å². The van der Waals surface area contributed by atoms with Crippen LogP contribution in [0.4, 0.5) is 0 Å². The minimum absolute atomic E-state index is 0.0671. The average Bonchev–Trinajstić information content (AvgIpc) is 3.14. The van der Waals surface area contributed by atoms with Gasteiger partial charge in [-0.25, -0.2) is 9.59 Å². The number of carbonyl (C=O) groups is 3. The molecule has 0 fully saturated rings. The minimum Gasteiger partial charge on any atom is -0.464 e. The molecule has 0 N–H and O–H groups in total. The van der Waals surface area contributed by atoms with Crippen molar-refractivity contribution in [2.24, 2.45) is 0 Å². The predicted octanol–water partition coefficient (Wildman–Crippen LogP) is 14.2. The summed E-state index contributed by atoms with van der Waals surface area (Å²) in [5.74, 6) is 4.28. The van der Waals surface area contributed by atoms with E-state index in [1.54, 1.807) is 47.0 Å². The lowest BCUT2D eigenvalue weighted by Crippen LogP contribution is -2.19. The Morgan fingerprint density at radius 3 is 0.923 bits per heavy atom. The lowest BCUT2D eigenvalue weighted by molar-refractivity contribution is -0.142. The van der Waals surface area contributed by atoms with E-state index in [0.29, 0.717) is 31.8 Å². The van der Waals surface area contributed by atoms with Crippen molar-refractivity contribution in [2.75, 3.05) is 36.2 Å². The average molecular weight is 807 g/mol. The third-order valence-corrected chi connectivity index (χ3v) is 14.9. The summed E-state index contributed by atoms with van der Waals surface area (Å²) < 4.78 is 11.2. The van der Waals surface area contributed by atoms with Crippen LogP contribution in [-0.2, 0) is 23.9 Å². The van der Waals surface area contributed by atoms with Gasteiger partial charge in [0.2, 0.25) is 0 Å². The fraction of sp³-hybridized carbons (Fsp3) is 0.930. The van der Waals surface area contributed by atoms with Crippen LogP contribution < -0.4 is 0 Å². The van der Waals surface area contributed by atoms with Crippen molar-refractivity contribution in [3.05, 3.63) is 0 Å². The lowest BCUT2D eigenvalue weighted by atomic mass is 10.1. The first-order valence-corrected chi connectivity index (χ1v) is 26.0. The number of esters is 2. The molecule has 0 saturated heterocycles. The molecular weight excluding hydrogens is 725 g/mol.